The third kappa shape index (κ3) is 2.63. The lowest BCUT2D eigenvalue weighted by atomic mass is 10.2. The Hall–Kier alpha value is -1.60. The second-order valence-corrected chi connectivity index (χ2v) is 6.46. The molecule has 3 rings (SSSR count). The van der Waals surface area contributed by atoms with E-state index in [9.17, 15) is 4.79 Å². The minimum atomic E-state index is -0.424. The zero-order valence-corrected chi connectivity index (χ0v) is 13.8. The number of nitrogens with zero attached hydrogens (tertiary/aromatic N) is 1. The van der Waals surface area contributed by atoms with Crippen molar-refractivity contribution in [1.82, 2.24) is 4.98 Å². The SMILES string of the molecule is COC(=O)c1nc(-c2cc(Br)c3c(c2)OCCO3)sc1C. The molecule has 1 aromatic heterocycles. The molecule has 2 aromatic rings. The minimum absolute atomic E-state index is 0.350. The van der Waals surface area contributed by atoms with E-state index in [0.29, 0.717) is 30.4 Å². The molecule has 0 fully saturated rings. The molecule has 110 valence electrons. The average Bonchev–Trinajstić information content (AvgIpc) is 2.88. The van der Waals surface area contributed by atoms with Crippen LogP contribution in [0.25, 0.3) is 10.6 Å². The van der Waals surface area contributed by atoms with E-state index in [2.05, 4.69) is 20.9 Å². The summed E-state index contributed by atoms with van der Waals surface area (Å²) in [4.78, 5) is 16.8. The van der Waals surface area contributed by atoms with Gasteiger partial charge in [-0.1, -0.05) is 0 Å². The maximum absolute atomic E-state index is 11.6. The standard InChI is InChI=1S/C14H12BrNO4S/c1-7-11(14(17)18-2)16-13(21-7)8-5-9(15)12-10(6-8)19-3-4-20-12/h5-6H,3-4H2,1-2H3. The predicted octanol–water partition coefficient (Wildman–Crippen LogP) is 3.44. The van der Waals surface area contributed by atoms with E-state index in [1.165, 1.54) is 18.4 Å². The van der Waals surface area contributed by atoms with Crippen molar-refractivity contribution in [3.63, 3.8) is 0 Å². The van der Waals surface area contributed by atoms with Crippen molar-refractivity contribution in [1.29, 1.82) is 0 Å². The number of benzene rings is 1. The first-order chi connectivity index (χ1) is 10.1. The van der Waals surface area contributed by atoms with Crippen molar-refractivity contribution in [2.75, 3.05) is 20.3 Å². The molecule has 0 amide bonds. The number of aromatic nitrogens is 1. The van der Waals surface area contributed by atoms with Crippen LogP contribution in [-0.2, 0) is 4.74 Å². The van der Waals surface area contributed by atoms with E-state index in [0.717, 1.165) is 19.9 Å². The number of thiazole rings is 1. The molecule has 0 spiro atoms. The molecule has 0 atom stereocenters. The number of ether oxygens (including phenoxy) is 3. The molecule has 0 unspecified atom stereocenters. The van der Waals surface area contributed by atoms with Gasteiger partial charge in [-0.3, -0.25) is 0 Å². The number of aryl methyl sites for hydroxylation is 1. The van der Waals surface area contributed by atoms with Gasteiger partial charge in [0, 0.05) is 10.4 Å². The number of halogens is 1. The Balaban J connectivity index is 2.05. The fourth-order valence-corrected chi connectivity index (χ4v) is 3.49. The van der Waals surface area contributed by atoms with Gasteiger partial charge in [0.25, 0.3) is 0 Å². The van der Waals surface area contributed by atoms with Crippen LogP contribution in [0.5, 0.6) is 11.5 Å². The van der Waals surface area contributed by atoms with Gasteiger partial charge in [0.2, 0.25) is 0 Å². The summed E-state index contributed by atoms with van der Waals surface area (Å²) in [5.41, 5.74) is 1.22. The fourth-order valence-electron chi connectivity index (χ4n) is 2.04. The largest absolute Gasteiger partial charge is 0.486 e. The molecule has 2 heterocycles. The number of fused-ring (bicyclic) bond motifs is 1. The summed E-state index contributed by atoms with van der Waals surface area (Å²) < 4.78 is 16.7. The van der Waals surface area contributed by atoms with Gasteiger partial charge in [-0.2, -0.15) is 0 Å². The van der Waals surface area contributed by atoms with Crippen LogP contribution in [-0.4, -0.2) is 31.3 Å². The maximum Gasteiger partial charge on any atom is 0.357 e. The third-order valence-corrected chi connectivity index (χ3v) is 4.63. The lowest BCUT2D eigenvalue weighted by molar-refractivity contribution is 0.0594. The number of carbonyl (C=O) groups is 1. The van der Waals surface area contributed by atoms with Gasteiger partial charge in [0.05, 0.1) is 11.6 Å². The molecular formula is C14H12BrNO4S. The monoisotopic (exact) mass is 369 g/mol. The molecule has 0 saturated carbocycles. The molecule has 1 aromatic carbocycles. The van der Waals surface area contributed by atoms with E-state index in [1.807, 2.05) is 19.1 Å². The lowest BCUT2D eigenvalue weighted by Gasteiger charge is -2.20. The van der Waals surface area contributed by atoms with Crippen LogP contribution in [0, 0.1) is 6.92 Å². The molecule has 0 bridgehead atoms. The summed E-state index contributed by atoms with van der Waals surface area (Å²) in [5, 5.41) is 0.741. The van der Waals surface area contributed by atoms with Gasteiger partial charge < -0.3 is 14.2 Å². The summed E-state index contributed by atoms with van der Waals surface area (Å²) in [6, 6.07) is 3.78. The van der Waals surface area contributed by atoms with E-state index in [4.69, 9.17) is 14.2 Å². The zero-order valence-electron chi connectivity index (χ0n) is 11.4. The summed E-state index contributed by atoms with van der Waals surface area (Å²) in [7, 11) is 1.35. The molecule has 0 aliphatic carbocycles. The van der Waals surface area contributed by atoms with Gasteiger partial charge in [0.1, 0.15) is 18.2 Å². The second kappa shape index (κ2) is 5.65. The Morgan fingerprint density at radius 2 is 2.14 bits per heavy atom. The van der Waals surface area contributed by atoms with E-state index >= 15 is 0 Å². The summed E-state index contributed by atoms with van der Waals surface area (Å²) in [5.74, 6) is 0.955. The van der Waals surface area contributed by atoms with Crippen LogP contribution in [0.4, 0.5) is 0 Å². The fraction of sp³-hybridized carbons (Fsp3) is 0.286. The van der Waals surface area contributed by atoms with Crippen LogP contribution >= 0.6 is 27.3 Å². The highest BCUT2D eigenvalue weighted by molar-refractivity contribution is 9.10. The van der Waals surface area contributed by atoms with Crippen LogP contribution in [0.3, 0.4) is 0 Å². The Kier molecular flexibility index (Phi) is 3.86. The van der Waals surface area contributed by atoms with Crippen molar-refractivity contribution in [3.8, 4) is 22.1 Å². The number of carbonyl (C=O) groups excluding carboxylic acids is 1. The molecule has 1 aliphatic heterocycles. The number of hydrogen-bond acceptors (Lipinski definition) is 6. The van der Waals surface area contributed by atoms with Gasteiger partial charge >= 0.3 is 5.97 Å². The number of esters is 1. The molecule has 5 nitrogen and oxygen atoms in total. The zero-order chi connectivity index (χ0) is 15.0. The number of methoxy groups -OCH3 is 1. The highest BCUT2D eigenvalue weighted by Crippen LogP contribution is 2.42. The first-order valence-corrected chi connectivity index (χ1v) is 7.86. The smallest absolute Gasteiger partial charge is 0.357 e. The highest BCUT2D eigenvalue weighted by Gasteiger charge is 2.21. The maximum atomic E-state index is 11.6. The van der Waals surface area contributed by atoms with Gasteiger partial charge in [0.15, 0.2) is 17.2 Å². The van der Waals surface area contributed by atoms with Gasteiger partial charge in [-0.25, -0.2) is 9.78 Å². The molecule has 0 saturated heterocycles. The highest BCUT2D eigenvalue weighted by atomic mass is 79.9. The molecule has 7 heteroatoms. The Bertz CT molecular complexity index is 713. The molecule has 1 aliphatic rings. The molecular weight excluding hydrogens is 358 g/mol. The van der Waals surface area contributed by atoms with Crippen LogP contribution in [0.1, 0.15) is 15.4 Å². The normalized spacial score (nSPS) is 13.1. The van der Waals surface area contributed by atoms with E-state index < -0.39 is 5.97 Å². The van der Waals surface area contributed by atoms with Gasteiger partial charge in [-0.05, 0) is 35.0 Å². The number of rotatable bonds is 2. The second-order valence-electron chi connectivity index (χ2n) is 4.40. The third-order valence-electron chi connectivity index (χ3n) is 3.02. The first kappa shape index (κ1) is 14.3. The van der Waals surface area contributed by atoms with Crippen molar-refractivity contribution < 1.29 is 19.0 Å². The van der Waals surface area contributed by atoms with Crippen molar-refractivity contribution in [2.45, 2.75) is 6.92 Å². The lowest BCUT2D eigenvalue weighted by Crippen LogP contribution is -2.15. The summed E-state index contributed by atoms with van der Waals surface area (Å²) in [6.07, 6.45) is 0. The quantitative estimate of drug-likeness (QED) is 0.758. The average molecular weight is 370 g/mol. The van der Waals surface area contributed by atoms with E-state index in [-0.39, 0.29) is 0 Å². The summed E-state index contributed by atoms with van der Waals surface area (Å²) in [6.45, 7) is 2.90. The van der Waals surface area contributed by atoms with Crippen LogP contribution in [0.15, 0.2) is 16.6 Å². The molecule has 0 N–H and O–H groups in total. The number of hydrogen-bond donors (Lipinski definition) is 0. The Morgan fingerprint density at radius 3 is 2.90 bits per heavy atom. The summed E-state index contributed by atoms with van der Waals surface area (Å²) >= 11 is 4.92. The van der Waals surface area contributed by atoms with Gasteiger partial charge in [-0.15, -0.1) is 11.3 Å². The van der Waals surface area contributed by atoms with Crippen LogP contribution < -0.4 is 9.47 Å². The topological polar surface area (TPSA) is 57.7 Å². The molecule has 0 radical (unpaired) electrons. The first-order valence-electron chi connectivity index (χ1n) is 6.25. The minimum Gasteiger partial charge on any atom is -0.486 e. The molecule has 21 heavy (non-hydrogen) atoms. The predicted molar refractivity (Wildman–Crippen MR) is 82.3 cm³/mol. The van der Waals surface area contributed by atoms with Crippen LogP contribution in [0.2, 0.25) is 0 Å². The van der Waals surface area contributed by atoms with E-state index in [1.54, 1.807) is 0 Å². The Labute approximate surface area is 134 Å². The van der Waals surface area contributed by atoms with Crippen molar-refractivity contribution in [2.24, 2.45) is 0 Å². The Morgan fingerprint density at radius 1 is 1.38 bits per heavy atom. The van der Waals surface area contributed by atoms with Crippen molar-refractivity contribution in [3.05, 3.63) is 27.2 Å². The van der Waals surface area contributed by atoms with Crippen molar-refractivity contribution >= 4 is 33.2 Å².